The van der Waals surface area contributed by atoms with Gasteiger partial charge in [-0.15, -0.1) is 0 Å². The van der Waals surface area contributed by atoms with Crippen LogP contribution >= 0.6 is 0 Å². The van der Waals surface area contributed by atoms with Gasteiger partial charge < -0.3 is 10.5 Å². The fourth-order valence-electron chi connectivity index (χ4n) is 1.62. The number of aromatic nitrogens is 2. The molecule has 2 rings (SSSR count). The first-order chi connectivity index (χ1) is 8.67. The first kappa shape index (κ1) is 11.7. The fraction of sp³-hybridized carbons (Fsp3) is 0.0833. The molecule has 0 spiro atoms. The van der Waals surface area contributed by atoms with Crippen molar-refractivity contribution in [1.29, 1.82) is 5.26 Å². The summed E-state index contributed by atoms with van der Waals surface area (Å²) in [6.45, 7) is 0. The summed E-state index contributed by atoms with van der Waals surface area (Å²) in [5.74, 6) is -0.334. The number of hydrogen-bond donors (Lipinski definition) is 1. The number of esters is 1. The molecule has 90 valence electrons. The number of carbonyl (C=O) groups excluding carboxylic acids is 1. The third-order valence-electron chi connectivity index (χ3n) is 2.43. The second kappa shape index (κ2) is 4.59. The molecule has 0 saturated carbocycles. The number of nitriles is 1. The van der Waals surface area contributed by atoms with Gasteiger partial charge in [0.15, 0.2) is 0 Å². The Morgan fingerprint density at radius 1 is 1.56 bits per heavy atom. The van der Waals surface area contributed by atoms with Crippen LogP contribution in [0.3, 0.4) is 0 Å². The number of nitrogen functional groups attached to an aromatic ring is 1. The van der Waals surface area contributed by atoms with E-state index in [0.29, 0.717) is 11.4 Å². The molecule has 6 nitrogen and oxygen atoms in total. The quantitative estimate of drug-likeness (QED) is 0.628. The van der Waals surface area contributed by atoms with Gasteiger partial charge in [-0.1, -0.05) is 0 Å². The van der Waals surface area contributed by atoms with Crippen molar-refractivity contribution in [3.63, 3.8) is 0 Å². The number of anilines is 1. The Balaban J connectivity index is 2.65. The summed E-state index contributed by atoms with van der Waals surface area (Å²) in [4.78, 5) is 15.6. The average molecular weight is 242 g/mol. The molecule has 0 amide bonds. The van der Waals surface area contributed by atoms with Crippen LogP contribution in [0.25, 0.3) is 5.69 Å². The molecule has 0 aliphatic heterocycles. The first-order valence-corrected chi connectivity index (χ1v) is 5.09. The minimum Gasteiger partial charge on any atom is -0.465 e. The van der Waals surface area contributed by atoms with Crippen molar-refractivity contribution in [3.8, 4) is 11.8 Å². The fourth-order valence-corrected chi connectivity index (χ4v) is 1.62. The van der Waals surface area contributed by atoms with E-state index in [9.17, 15) is 4.79 Å². The molecule has 0 saturated heterocycles. The number of carbonyl (C=O) groups is 1. The van der Waals surface area contributed by atoms with E-state index >= 15 is 0 Å². The smallest absolute Gasteiger partial charge is 0.340 e. The predicted molar refractivity (Wildman–Crippen MR) is 64.0 cm³/mol. The van der Waals surface area contributed by atoms with Crippen LogP contribution in [0, 0.1) is 11.3 Å². The van der Waals surface area contributed by atoms with Crippen LogP contribution in [-0.4, -0.2) is 22.6 Å². The second-order valence-corrected chi connectivity index (χ2v) is 3.50. The van der Waals surface area contributed by atoms with E-state index in [4.69, 9.17) is 15.7 Å². The van der Waals surface area contributed by atoms with Gasteiger partial charge in [0.2, 0.25) is 5.82 Å². The maximum Gasteiger partial charge on any atom is 0.340 e. The molecule has 0 fully saturated rings. The van der Waals surface area contributed by atoms with Crippen LogP contribution in [0.2, 0.25) is 0 Å². The number of methoxy groups -OCH3 is 1. The number of rotatable bonds is 2. The number of nitrogens with zero attached hydrogens (tertiary/aromatic N) is 3. The molecule has 2 N–H and O–H groups in total. The van der Waals surface area contributed by atoms with Crippen molar-refractivity contribution in [1.82, 2.24) is 9.55 Å². The Kier molecular flexibility index (Phi) is 2.98. The van der Waals surface area contributed by atoms with Crippen molar-refractivity contribution in [2.45, 2.75) is 0 Å². The summed E-state index contributed by atoms with van der Waals surface area (Å²) in [7, 11) is 1.29. The molecule has 0 radical (unpaired) electrons. The van der Waals surface area contributed by atoms with Gasteiger partial charge >= 0.3 is 5.97 Å². The van der Waals surface area contributed by atoms with Gasteiger partial charge in [-0.3, -0.25) is 4.57 Å². The summed E-state index contributed by atoms with van der Waals surface area (Å²) in [5, 5.41) is 8.94. The number of nitrogens with two attached hydrogens (primary N) is 1. The Bertz CT molecular complexity index is 640. The number of hydrogen-bond acceptors (Lipinski definition) is 5. The van der Waals surface area contributed by atoms with Crippen molar-refractivity contribution in [3.05, 3.63) is 42.0 Å². The third-order valence-corrected chi connectivity index (χ3v) is 2.43. The zero-order chi connectivity index (χ0) is 13.1. The molecule has 18 heavy (non-hydrogen) atoms. The van der Waals surface area contributed by atoms with Crippen molar-refractivity contribution < 1.29 is 9.53 Å². The second-order valence-electron chi connectivity index (χ2n) is 3.50. The number of imidazole rings is 1. The lowest BCUT2D eigenvalue weighted by Crippen LogP contribution is -2.09. The molecule has 1 aromatic carbocycles. The van der Waals surface area contributed by atoms with E-state index in [-0.39, 0.29) is 11.4 Å². The molecular weight excluding hydrogens is 232 g/mol. The zero-order valence-electron chi connectivity index (χ0n) is 9.62. The average Bonchev–Trinajstić information content (AvgIpc) is 2.85. The number of benzene rings is 1. The van der Waals surface area contributed by atoms with E-state index < -0.39 is 5.97 Å². The first-order valence-electron chi connectivity index (χ1n) is 5.09. The lowest BCUT2D eigenvalue weighted by Gasteiger charge is -2.10. The highest BCUT2D eigenvalue weighted by molar-refractivity contribution is 5.94. The van der Waals surface area contributed by atoms with Crippen LogP contribution in [0.15, 0.2) is 30.6 Å². The van der Waals surface area contributed by atoms with Crippen molar-refractivity contribution in [2.24, 2.45) is 0 Å². The van der Waals surface area contributed by atoms with Gasteiger partial charge in [0.05, 0.1) is 18.4 Å². The van der Waals surface area contributed by atoms with Crippen LogP contribution < -0.4 is 5.73 Å². The van der Waals surface area contributed by atoms with Gasteiger partial charge in [-0.25, -0.2) is 9.78 Å². The van der Waals surface area contributed by atoms with Crippen LogP contribution in [-0.2, 0) is 4.74 Å². The summed E-state index contributed by atoms with van der Waals surface area (Å²) in [6, 6.07) is 6.73. The Morgan fingerprint density at radius 3 is 3.00 bits per heavy atom. The highest BCUT2D eigenvalue weighted by Crippen LogP contribution is 2.20. The molecule has 6 heteroatoms. The SMILES string of the molecule is COC(=O)c1cc(N)ccc1-n1ccnc1C#N. The Labute approximate surface area is 103 Å². The van der Waals surface area contributed by atoms with Gasteiger partial charge in [-0.2, -0.15) is 5.26 Å². The molecule has 0 aliphatic carbocycles. The standard InChI is InChI=1S/C12H10N4O2/c1-18-12(17)9-6-8(14)2-3-10(9)16-5-4-15-11(16)7-13/h2-6H,14H2,1H3. The highest BCUT2D eigenvalue weighted by atomic mass is 16.5. The molecule has 0 bridgehead atoms. The lowest BCUT2D eigenvalue weighted by molar-refractivity contribution is 0.0601. The summed E-state index contributed by atoms with van der Waals surface area (Å²) in [6.07, 6.45) is 3.08. The number of ether oxygens (including phenoxy) is 1. The Hall–Kier alpha value is -2.81. The largest absolute Gasteiger partial charge is 0.465 e. The predicted octanol–water partition coefficient (Wildman–Crippen LogP) is 1.11. The van der Waals surface area contributed by atoms with E-state index in [1.807, 2.05) is 6.07 Å². The van der Waals surface area contributed by atoms with Gasteiger partial charge in [-0.05, 0) is 18.2 Å². The lowest BCUT2D eigenvalue weighted by atomic mass is 10.1. The maximum absolute atomic E-state index is 11.7. The molecule has 0 atom stereocenters. The topological polar surface area (TPSA) is 93.9 Å². The zero-order valence-corrected chi connectivity index (χ0v) is 9.62. The summed E-state index contributed by atoms with van der Waals surface area (Å²) >= 11 is 0. The van der Waals surface area contributed by atoms with E-state index in [2.05, 4.69) is 4.98 Å². The maximum atomic E-state index is 11.7. The molecular formula is C12H10N4O2. The van der Waals surface area contributed by atoms with Crippen molar-refractivity contribution in [2.75, 3.05) is 12.8 Å². The molecule has 1 aromatic heterocycles. The van der Waals surface area contributed by atoms with Gasteiger partial charge in [0.1, 0.15) is 6.07 Å². The highest BCUT2D eigenvalue weighted by Gasteiger charge is 2.15. The molecule has 2 aromatic rings. The third kappa shape index (κ3) is 1.89. The van der Waals surface area contributed by atoms with Gasteiger partial charge in [0.25, 0.3) is 0 Å². The molecule has 0 aliphatic rings. The monoisotopic (exact) mass is 242 g/mol. The molecule has 1 heterocycles. The van der Waals surface area contributed by atoms with E-state index in [0.717, 1.165) is 0 Å². The van der Waals surface area contributed by atoms with E-state index in [1.54, 1.807) is 18.3 Å². The van der Waals surface area contributed by atoms with Gasteiger partial charge in [0, 0.05) is 18.1 Å². The van der Waals surface area contributed by atoms with Crippen LogP contribution in [0.1, 0.15) is 16.2 Å². The minimum atomic E-state index is -0.519. The normalized spacial score (nSPS) is 9.78. The summed E-state index contributed by atoms with van der Waals surface area (Å²) < 4.78 is 6.20. The minimum absolute atomic E-state index is 0.185. The van der Waals surface area contributed by atoms with E-state index in [1.165, 1.54) is 23.9 Å². The van der Waals surface area contributed by atoms with Crippen LogP contribution in [0.5, 0.6) is 0 Å². The van der Waals surface area contributed by atoms with Crippen LogP contribution in [0.4, 0.5) is 5.69 Å². The Morgan fingerprint density at radius 2 is 2.33 bits per heavy atom. The summed E-state index contributed by atoms with van der Waals surface area (Å²) in [5.41, 5.74) is 6.88. The van der Waals surface area contributed by atoms with Crippen molar-refractivity contribution >= 4 is 11.7 Å². The molecule has 0 unspecified atom stereocenters.